The third-order valence-corrected chi connectivity index (χ3v) is 6.63. The number of hydrogen-bond donors (Lipinski definition) is 4. The first-order chi connectivity index (χ1) is 14.8. The maximum Gasteiger partial charge on any atom is 0.416 e. The van der Waals surface area contributed by atoms with Crippen LogP contribution in [0.2, 0.25) is 0 Å². The lowest BCUT2D eigenvalue weighted by Crippen LogP contribution is -2.54. The molecule has 1 aliphatic heterocycles. The number of hydrogen-bond acceptors (Lipinski definition) is 5. The van der Waals surface area contributed by atoms with Gasteiger partial charge in [-0.05, 0) is 63.3 Å². The minimum absolute atomic E-state index is 0.0189. The van der Waals surface area contributed by atoms with E-state index in [1.165, 1.54) is 13.8 Å². The second-order valence-electron chi connectivity index (χ2n) is 9.31. The number of ether oxygens (including phenoxy) is 1. The van der Waals surface area contributed by atoms with Gasteiger partial charge in [0, 0.05) is 25.2 Å². The lowest BCUT2D eigenvalue weighted by atomic mass is 9.71. The molecule has 3 rings (SSSR count). The van der Waals surface area contributed by atoms with E-state index in [2.05, 4.69) is 10.6 Å². The molecule has 0 radical (unpaired) electrons. The Morgan fingerprint density at radius 2 is 1.97 bits per heavy atom. The Bertz CT molecular complexity index is 827. The van der Waals surface area contributed by atoms with Crippen LogP contribution in [-0.2, 0) is 22.3 Å². The van der Waals surface area contributed by atoms with E-state index in [4.69, 9.17) is 4.74 Å². The smallest absolute Gasteiger partial charge is 0.389 e. The molecular formula is C22H30F4N2O4. The molecule has 1 heterocycles. The van der Waals surface area contributed by atoms with Gasteiger partial charge < -0.3 is 25.6 Å². The van der Waals surface area contributed by atoms with Gasteiger partial charge in [-0.15, -0.1) is 0 Å². The molecule has 0 spiro atoms. The standard InChI is InChI=1S/C22H30F4N2O4/c1-20(2,31)21(5-3-16(10-21)28-17-4-6-32-12-18(17)29)19(30)27-11-13-7-14(22(24,25)26)9-15(23)8-13/h7-9,16-18,28-29,31H,3-6,10-12H2,1-2H3,(H,27,30)/t16?,17?,18?,21-/m1/s1. The van der Waals surface area contributed by atoms with Crippen molar-refractivity contribution in [3.05, 3.63) is 35.1 Å². The van der Waals surface area contributed by atoms with Crippen molar-refractivity contribution in [2.45, 2.75) is 76.0 Å². The third-order valence-electron chi connectivity index (χ3n) is 6.63. The number of aliphatic hydroxyl groups excluding tert-OH is 1. The predicted molar refractivity (Wildman–Crippen MR) is 108 cm³/mol. The fourth-order valence-corrected chi connectivity index (χ4v) is 4.72. The Hall–Kier alpha value is -1.75. The third kappa shape index (κ3) is 5.41. The molecule has 0 bridgehead atoms. The van der Waals surface area contributed by atoms with Crippen LogP contribution in [0.15, 0.2) is 18.2 Å². The van der Waals surface area contributed by atoms with Crippen LogP contribution in [0.4, 0.5) is 17.6 Å². The molecule has 10 heteroatoms. The van der Waals surface area contributed by atoms with Gasteiger partial charge in [-0.1, -0.05) is 0 Å². The Morgan fingerprint density at radius 1 is 1.25 bits per heavy atom. The highest BCUT2D eigenvalue weighted by Crippen LogP contribution is 2.47. The molecular weight excluding hydrogens is 432 g/mol. The average molecular weight is 462 g/mol. The molecule has 1 amide bonds. The van der Waals surface area contributed by atoms with Gasteiger partial charge in [-0.2, -0.15) is 13.2 Å². The van der Waals surface area contributed by atoms with Crippen molar-refractivity contribution in [1.29, 1.82) is 0 Å². The highest BCUT2D eigenvalue weighted by molar-refractivity contribution is 5.84. The molecule has 2 fully saturated rings. The Kier molecular flexibility index (Phi) is 7.19. The number of amides is 1. The van der Waals surface area contributed by atoms with E-state index in [9.17, 15) is 32.6 Å². The zero-order valence-electron chi connectivity index (χ0n) is 18.1. The summed E-state index contributed by atoms with van der Waals surface area (Å²) >= 11 is 0. The first-order valence-electron chi connectivity index (χ1n) is 10.7. The van der Waals surface area contributed by atoms with Crippen molar-refractivity contribution in [2.75, 3.05) is 13.2 Å². The van der Waals surface area contributed by atoms with Gasteiger partial charge in [0.2, 0.25) is 5.91 Å². The quantitative estimate of drug-likeness (QED) is 0.488. The normalized spacial score (nSPS) is 29.2. The second-order valence-corrected chi connectivity index (χ2v) is 9.31. The summed E-state index contributed by atoms with van der Waals surface area (Å²) in [5.74, 6) is -1.54. The summed E-state index contributed by atoms with van der Waals surface area (Å²) in [6, 6.07) is 1.84. The van der Waals surface area contributed by atoms with Crippen LogP contribution in [-0.4, -0.2) is 53.1 Å². The average Bonchev–Trinajstić information content (AvgIpc) is 3.12. The second kappa shape index (κ2) is 9.24. The molecule has 1 aromatic carbocycles. The van der Waals surface area contributed by atoms with Gasteiger partial charge in [0.1, 0.15) is 5.82 Å². The number of carbonyl (C=O) groups excluding carboxylic acids is 1. The van der Waals surface area contributed by atoms with Crippen LogP contribution in [0.3, 0.4) is 0 Å². The Balaban J connectivity index is 1.70. The largest absolute Gasteiger partial charge is 0.416 e. The van der Waals surface area contributed by atoms with Gasteiger partial charge in [-0.25, -0.2) is 4.39 Å². The molecule has 1 saturated carbocycles. The van der Waals surface area contributed by atoms with Gasteiger partial charge >= 0.3 is 6.18 Å². The fourth-order valence-electron chi connectivity index (χ4n) is 4.72. The topological polar surface area (TPSA) is 90.8 Å². The summed E-state index contributed by atoms with van der Waals surface area (Å²) in [6.07, 6.45) is -3.50. The van der Waals surface area contributed by atoms with Crippen LogP contribution in [0, 0.1) is 11.2 Å². The van der Waals surface area contributed by atoms with E-state index in [-0.39, 0.29) is 30.8 Å². The number of carbonyl (C=O) groups is 1. The molecule has 0 aromatic heterocycles. The molecule has 2 aliphatic rings. The fraction of sp³-hybridized carbons (Fsp3) is 0.682. The van der Waals surface area contributed by atoms with Crippen LogP contribution < -0.4 is 10.6 Å². The predicted octanol–water partition coefficient (Wildman–Crippen LogP) is 2.51. The van der Waals surface area contributed by atoms with E-state index in [1.54, 1.807) is 0 Å². The minimum Gasteiger partial charge on any atom is -0.389 e. The molecule has 4 atom stereocenters. The summed E-state index contributed by atoms with van der Waals surface area (Å²) in [5, 5.41) is 26.9. The Morgan fingerprint density at radius 3 is 2.59 bits per heavy atom. The van der Waals surface area contributed by atoms with Crippen molar-refractivity contribution in [2.24, 2.45) is 5.41 Å². The van der Waals surface area contributed by atoms with Gasteiger partial charge in [0.15, 0.2) is 0 Å². The summed E-state index contributed by atoms with van der Waals surface area (Å²) in [6.45, 7) is 3.51. The number of nitrogens with one attached hydrogen (secondary N) is 2. The number of benzene rings is 1. The minimum atomic E-state index is -4.70. The van der Waals surface area contributed by atoms with Crippen molar-refractivity contribution >= 4 is 5.91 Å². The van der Waals surface area contributed by atoms with E-state index in [1.807, 2.05) is 0 Å². The highest BCUT2D eigenvalue weighted by Gasteiger charge is 2.54. The van der Waals surface area contributed by atoms with Crippen LogP contribution in [0.5, 0.6) is 0 Å². The number of alkyl halides is 3. The SMILES string of the molecule is CC(C)(O)[C@]1(C(=O)NCc2cc(F)cc(C(F)(F)F)c2)CCC(NC2CCOCC2O)C1. The maximum absolute atomic E-state index is 13.7. The molecule has 1 saturated heterocycles. The molecule has 1 aromatic rings. The monoisotopic (exact) mass is 462 g/mol. The number of aliphatic hydroxyl groups is 2. The van der Waals surface area contributed by atoms with Crippen molar-refractivity contribution < 1.29 is 37.3 Å². The highest BCUT2D eigenvalue weighted by atomic mass is 19.4. The lowest BCUT2D eigenvalue weighted by molar-refractivity contribution is -0.146. The van der Waals surface area contributed by atoms with Gasteiger partial charge in [0.05, 0.1) is 29.3 Å². The molecule has 32 heavy (non-hydrogen) atoms. The summed E-state index contributed by atoms with van der Waals surface area (Å²) in [5.41, 5.74) is -3.73. The van der Waals surface area contributed by atoms with E-state index < -0.39 is 40.6 Å². The van der Waals surface area contributed by atoms with Crippen LogP contribution >= 0.6 is 0 Å². The first-order valence-corrected chi connectivity index (χ1v) is 10.7. The summed E-state index contributed by atoms with van der Waals surface area (Å²) < 4.78 is 57.8. The van der Waals surface area contributed by atoms with Crippen LogP contribution in [0.25, 0.3) is 0 Å². The van der Waals surface area contributed by atoms with Crippen molar-refractivity contribution in [1.82, 2.24) is 10.6 Å². The molecule has 1 aliphatic carbocycles. The first kappa shape index (κ1) is 24.9. The van der Waals surface area contributed by atoms with Crippen molar-refractivity contribution in [3.63, 3.8) is 0 Å². The number of halogens is 4. The lowest BCUT2D eigenvalue weighted by Gasteiger charge is -2.39. The molecule has 4 N–H and O–H groups in total. The zero-order valence-corrected chi connectivity index (χ0v) is 18.1. The van der Waals surface area contributed by atoms with Crippen molar-refractivity contribution in [3.8, 4) is 0 Å². The van der Waals surface area contributed by atoms with E-state index >= 15 is 0 Å². The summed E-state index contributed by atoms with van der Waals surface area (Å²) in [4.78, 5) is 13.2. The van der Waals surface area contributed by atoms with Gasteiger partial charge in [-0.3, -0.25) is 4.79 Å². The van der Waals surface area contributed by atoms with E-state index in [0.717, 1.165) is 12.1 Å². The maximum atomic E-state index is 13.7. The number of rotatable bonds is 6. The Labute approximate surface area is 184 Å². The zero-order chi connectivity index (χ0) is 23.7. The molecule has 6 nitrogen and oxygen atoms in total. The van der Waals surface area contributed by atoms with E-state index in [0.29, 0.717) is 38.4 Å². The molecule has 180 valence electrons. The summed E-state index contributed by atoms with van der Waals surface area (Å²) in [7, 11) is 0. The van der Waals surface area contributed by atoms with Gasteiger partial charge in [0.25, 0.3) is 0 Å². The van der Waals surface area contributed by atoms with Crippen LogP contribution in [0.1, 0.15) is 50.7 Å². The molecule has 3 unspecified atom stereocenters.